The Labute approximate surface area is 374 Å². The number of esters is 1. The van der Waals surface area contributed by atoms with E-state index < -0.39 is 72.5 Å². The first kappa shape index (κ1) is 48.6. The summed E-state index contributed by atoms with van der Waals surface area (Å²) in [5, 5.41) is 23.7. The van der Waals surface area contributed by atoms with Crippen molar-refractivity contribution in [1.82, 2.24) is 0 Å². The Hall–Kier alpha value is -2.31. The molecule has 1 spiro atoms. The van der Waals surface area contributed by atoms with Gasteiger partial charge in [-0.05, 0) is 62.8 Å². The first-order chi connectivity index (χ1) is 30.0. The molecule has 0 radical (unpaired) electrons. The third-order valence-electron chi connectivity index (χ3n) is 14.7. The number of carbonyl (C=O) groups excluding carboxylic acids is 1. The van der Waals surface area contributed by atoms with Crippen LogP contribution in [0.1, 0.15) is 93.9 Å². The number of ether oxygens (including phenoxy) is 11. The minimum Gasteiger partial charge on any atom is -0.462 e. The Morgan fingerprint density at radius 2 is 1.54 bits per heavy atom. The minimum absolute atomic E-state index is 0.0380. The maximum absolute atomic E-state index is 14.4. The van der Waals surface area contributed by atoms with Gasteiger partial charge in [-0.15, -0.1) is 0 Å². The van der Waals surface area contributed by atoms with Gasteiger partial charge < -0.3 is 62.3 Å². The highest BCUT2D eigenvalue weighted by Crippen LogP contribution is 2.47. The van der Waals surface area contributed by atoms with Crippen LogP contribution < -0.4 is 0 Å². The van der Waals surface area contributed by atoms with Crippen LogP contribution in [0.15, 0.2) is 59.3 Å². The second-order valence-corrected chi connectivity index (χ2v) is 19.2. The van der Waals surface area contributed by atoms with Gasteiger partial charge in [0.15, 0.2) is 18.4 Å². The van der Waals surface area contributed by atoms with E-state index in [2.05, 4.69) is 46.8 Å². The predicted molar refractivity (Wildman–Crippen MR) is 232 cm³/mol. The lowest BCUT2D eigenvalue weighted by Gasteiger charge is -2.48. The second-order valence-electron chi connectivity index (χ2n) is 19.2. The number of aliphatic hydroxyl groups is 2. The Bertz CT molecular complexity index is 1740. The van der Waals surface area contributed by atoms with Gasteiger partial charge in [-0.1, -0.05) is 70.6 Å². The average Bonchev–Trinajstić information content (AvgIpc) is 3.60. The Morgan fingerprint density at radius 3 is 2.22 bits per heavy atom. The van der Waals surface area contributed by atoms with E-state index >= 15 is 0 Å². The first-order valence-corrected chi connectivity index (χ1v) is 23.2. The van der Waals surface area contributed by atoms with Crippen LogP contribution in [-0.4, -0.2) is 141 Å². The number of aliphatic hydroxyl groups excluding tert-OH is 1. The molecule has 6 aliphatic heterocycles. The first-order valence-electron chi connectivity index (χ1n) is 23.2. The van der Waals surface area contributed by atoms with Gasteiger partial charge in [-0.3, -0.25) is 4.79 Å². The number of carbonyl (C=O) groups is 1. The molecule has 2 bridgehead atoms. The third kappa shape index (κ3) is 10.0. The Balaban J connectivity index is 1.18. The molecule has 7 aliphatic rings. The van der Waals surface area contributed by atoms with E-state index in [-0.39, 0.29) is 61.0 Å². The van der Waals surface area contributed by atoms with E-state index in [1.165, 1.54) is 0 Å². The van der Waals surface area contributed by atoms with Crippen LogP contribution in [0.3, 0.4) is 0 Å². The van der Waals surface area contributed by atoms with Gasteiger partial charge >= 0.3 is 5.97 Å². The van der Waals surface area contributed by atoms with Crippen molar-refractivity contribution in [2.24, 2.45) is 23.7 Å². The summed E-state index contributed by atoms with van der Waals surface area (Å²) in [7, 11) is 5.00. The summed E-state index contributed by atoms with van der Waals surface area (Å²) >= 11 is 0. The Morgan fingerprint density at radius 1 is 0.857 bits per heavy atom. The normalized spacial score (nSPS) is 48.6. The average molecular weight is 887 g/mol. The fourth-order valence-electron chi connectivity index (χ4n) is 10.9. The molecular weight excluding hydrogens is 813 g/mol. The molecule has 14 nitrogen and oxygen atoms in total. The van der Waals surface area contributed by atoms with Crippen LogP contribution in [0.25, 0.3) is 0 Å². The number of rotatable bonds is 9. The van der Waals surface area contributed by atoms with Crippen molar-refractivity contribution >= 4 is 5.97 Å². The van der Waals surface area contributed by atoms with Crippen LogP contribution in [0.2, 0.25) is 0 Å². The molecule has 1 aliphatic carbocycles. The number of hydrogen-bond donors (Lipinski definition) is 2. The van der Waals surface area contributed by atoms with Gasteiger partial charge in [-0.2, -0.15) is 0 Å². The van der Waals surface area contributed by atoms with Crippen molar-refractivity contribution in [2.75, 3.05) is 27.9 Å². The molecule has 6 heterocycles. The van der Waals surface area contributed by atoms with Gasteiger partial charge in [0.1, 0.15) is 42.0 Å². The lowest BCUT2D eigenvalue weighted by Crippen LogP contribution is -2.58. The highest BCUT2D eigenvalue weighted by Gasteiger charge is 2.60. The topological polar surface area (TPSA) is 159 Å². The molecule has 20 atom stereocenters. The summed E-state index contributed by atoms with van der Waals surface area (Å²) in [5.41, 5.74) is 0.165. The van der Waals surface area contributed by atoms with E-state index in [1.54, 1.807) is 40.4 Å². The van der Waals surface area contributed by atoms with E-state index in [1.807, 2.05) is 32.1 Å². The van der Waals surface area contributed by atoms with Crippen LogP contribution in [-0.2, 0) is 56.9 Å². The fraction of sp³-hybridized carbons (Fsp3) is 0.776. The monoisotopic (exact) mass is 887 g/mol. The van der Waals surface area contributed by atoms with Crippen molar-refractivity contribution in [3.05, 3.63) is 59.3 Å². The number of hydrogen-bond acceptors (Lipinski definition) is 14. The number of fused-ring (bicyclic) bond motifs is 2. The van der Waals surface area contributed by atoms with E-state index in [0.29, 0.717) is 43.3 Å². The fourth-order valence-corrected chi connectivity index (χ4v) is 10.9. The van der Waals surface area contributed by atoms with Crippen LogP contribution >= 0.6 is 0 Å². The van der Waals surface area contributed by atoms with Gasteiger partial charge in [-0.25, -0.2) is 0 Å². The van der Waals surface area contributed by atoms with E-state index in [4.69, 9.17) is 52.1 Å². The van der Waals surface area contributed by atoms with Crippen LogP contribution in [0.4, 0.5) is 0 Å². The predicted octanol–water partition coefficient (Wildman–Crippen LogP) is 6.03. The third-order valence-corrected chi connectivity index (χ3v) is 14.7. The number of allylic oxidation sites excluding steroid dienone is 2. The summed E-state index contributed by atoms with van der Waals surface area (Å²) in [6.07, 6.45) is 10.1. The molecule has 354 valence electrons. The Kier molecular flexibility index (Phi) is 15.7. The zero-order chi connectivity index (χ0) is 45.4. The van der Waals surface area contributed by atoms with Gasteiger partial charge in [0, 0.05) is 58.8 Å². The van der Waals surface area contributed by atoms with E-state index in [9.17, 15) is 15.0 Å². The number of methoxy groups -OCH3 is 3. The summed E-state index contributed by atoms with van der Waals surface area (Å²) in [6.45, 7) is 16.3. The summed E-state index contributed by atoms with van der Waals surface area (Å²) < 4.78 is 70.0. The molecule has 0 saturated carbocycles. The molecule has 0 aromatic carbocycles. The quantitative estimate of drug-likeness (QED) is 0.204. The molecule has 4 saturated heterocycles. The second kappa shape index (κ2) is 20.3. The largest absolute Gasteiger partial charge is 0.462 e. The van der Waals surface area contributed by atoms with Crippen molar-refractivity contribution in [3.63, 3.8) is 0 Å². The lowest BCUT2D eigenvalue weighted by molar-refractivity contribution is -0.319. The summed E-state index contributed by atoms with van der Waals surface area (Å²) in [6, 6.07) is 0. The molecular formula is C49H74O14. The SMILES string of the molecule is CC[C@H](C)[C@H]1O[C@]2(C=C[C@@H]1C)C[C@@H]1C[C@@H](C/C=C(\C)[C@@H](OC3C[C@H](OC)[C@@H](OC4C[C@H](OC)[C@@H](OC)[C@H](C)O4)[C@H](C)O3)[C@@H](C)/C=C/C=C3\CO[C@@H]4[C@H](O)C(C)=C[C@@H](C(=O)O1)[C@]34O)O2. The highest BCUT2D eigenvalue weighted by atomic mass is 16.7. The van der Waals surface area contributed by atoms with Crippen molar-refractivity contribution < 1.29 is 67.1 Å². The molecule has 63 heavy (non-hydrogen) atoms. The summed E-state index contributed by atoms with van der Waals surface area (Å²) in [4.78, 5) is 14.4. The van der Waals surface area contributed by atoms with Crippen LogP contribution in [0, 0.1) is 23.7 Å². The van der Waals surface area contributed by atoms with Gasteiger partial charge in [0.2, 0.25) is 0 Å². The molecule has 7 rings (SSSR count). The van der Waals surface area contributed by atoms with Gasteiger partial charge in [0.05, 0.1) is 49.3 Å². The van der Waals surface area contributed by atoms with Crippen molar-refractivity contribution in [3.8, 4) is 0 Å². The molecule has 2 N–H and O–H groups in total. The molecule has 14 heteroatoms. The molecule has 0 aromatic heterocycles. The zero-order valence-corrected chi connectivity index (χ0v) is 39.2. The van der Waals surface area contributed by atoms with E-state index in [0.717, 1.165) is 12.0 Å². The molecule has 4 fully saturated rings. The zero-order valence-electron chi connectivity index (χ0n) is 39.2. The molecule has 2 unspecified atom stereocenters. The smallest absolute Gasteiger partial charge is 0.316 e. The summed E-state index contributed by atoms with van der Waals surface area (Å²) in [5.74, 6) is -2.53. The van der Waals surface area contributed by atoms with Gasteiger partial charge in [0.25, 0.3) is 0 Å². The van der Waals surface area contributed by atoms with Crippen molar-refractivity contribution in [2.45, 2.75) is 191 Å². The maximum atomic E-state index is 14.4. The standard InChI is InChI=1S/C49H74O14/c1-12-26(2)43-29(5)18-19-48(63-43)24-35-21-34(62-48)17-16-28(4)42(27(3)14-13-15-33-25-56-46-41(50)30(6)20-36(47(51)59-35)49(33,46)52)60-39-23-38(54-10)45(32(8)58-39)61-40-22-37(53-9)44(55-11)31(7)57-40/h13-16,18-20,26-27,29,31-32,34-46,50,52H,12,17,21-25H2,1-11H3/b14-13+,28-16+,33-15+/t26-,27-,29-,31-,32-,34+,35-,36-,37-,38-,39?,40?,41+,42-,43+,44-,45-,46+,48+,49+/m0/s1. The maximum Gasteiger partial charge on any atom is 0.316 e. The molecule has 0 aromatic rings. The lowest BCUT2D eigenvalue weighted by atomic mass is 9.71. The van der Waals surface area contributed by atoms with Crippen molar-refractivity contribution in [1.29, 1.82) is 0 Å². The minimum atomic E-state index is -1.83. The molecule has 0 amide bonds. The van der Waals surface area contributed by atoms with Crippen LogP contribution in [0.5, 0.6) is 0 Å². The highest BCUT2D eigenvalue weighted by molar-refractivity contribution is 5.78.